The first-order chi connectivity index (χ1) is 14.4. The Bertz CT molecular complexity index is 1050. The van der Waals surface area contributed by atoms with Crippen molar-refractivity contribution in [3.63, 3.8) is 0 Å². The van der Waals surface area contributed by atoms with Crippen LogP contribution in [0.15, 0.2) is 11.0 Å². The smallest absolute Gasteiger partial charge is 0.387 e. The molecule has 3 unspecified atom stereocenters. The van der Waals surface area contributed by atoms with E-state index in [1.54, 1.807) is 0 Å². The van der Waals surface area contributed by atoms with Crippen molar-refractivity contribution in [3.05, 3.63) is 16.7 Å². The molecular weight excluding hydrogens is 512 g/mol. The van der Waals surface area contributed by atoms with Crippen LogP contribution in [0.4, 0.5) is 10.2 Å². The van der Waals surface area contributed by atoms with Gasteiger partial charge in [-0.05, 0) is 6.92 Å². The van der Waals surface area contributed by atoms with E-state index in [4.69, 9.17) is 25.2 Å². The van der Waals surface area contributed by atoms with Crippen molar-refractivity contribution in [2.45, 2.75) is 37.1 Å². The Balaban J connectivity index is 2.25. The molecular formula is C10H18FN4O14P3. The van der Waals surface area contributed by atoms with E-state index < -0.39 is 66.0 Å². The van der Waals surface area contributed by atoms with Gasteiger partial charge in [0.1, 0.15) is 24.7 Å². The van der Waals surface area contributed by atoms with Gasteiger partial charge in [0.25, 0.3) is 0 Å². The van der Waals surface area contributed by atoms with Crippen molar-refractivity contribution in [1.82, 2.24) is 14.8 Å². The maximum atomic E-state index is 13.6. The predicted octanol–water partition coefficient (Wildman–Crippen LogP) is -2.09. The minimum Gasteiger partial charge on any atom is -0.387 e. The van der Waals surface area contributed by atoms with Crippen LogP contribution in [0.3, 0.4) is 0 Å². The summed E-state index contributed by atoms with van der Waals surface area (Å²) in [5, 5.41) is 24.3. The van der Waals surface area contributed by atoms with Gasteiger partial charge in [0.2, 0.25) is 0 Å². The van der Waals surface area contributed by atoms with Crippen molar-refractivity contribution in [2.75, 3.05) is 12.4 Å². The number of aliphatic hydroxyl groups excluding tert-OH is 1. The lowest BCUT2D eigenvalue weighted by molar-refractivity contribution is -0.127. The molecule has 2 heterocycles. The van der Waals surface area contributed by atoms with Crippen molar-refractivity contribution >= 4 is 29.3 Å². The molecule has 1 aromatic rings. The topological polar surface area (TPSA) is 283 Å². The minimum absolute atomic E-state index is 0.328. The Morgan fingerprint density at radius 3 is 2.38 bits per heavy atom. The minimum atomic E-state index is -5.83. The van der Waals surface area contributed by atoms with E-state index in [-0.39, 0.29) is 5.82 Å². The number of aliphatic hydroxyl groups is 2. The average Bonchev–Trinajstić information content (AvgIpc) is 2.84. The van der Waals surface area contributed by atoms with Gasteiger partial charge in [-0.2, -0.15) is 23.4 Å². The van der Waals surface area contributed by atoms with Crippen LogP contribution >= 0.6 is 23.5 Å². The van der Waals surface area contributed by atoms with Gasteiger partial charge < -0.3 is 40.3 Å². The third-order valence-corrected chi connectivity index (χ3v) is 7.81. The summed E-state index contributed by atoms with van der Waals surface area (Å²) in [6.45, 7) is -0.805. The second-order valence-corrected chi connectivity index (χ2v) is 10.7. The summed E-state index contributed by atoms with van der Waals surface area (Å²) in [6, 6.07) is 0. The van der Waals surface area contributed by atoms with Crippen LogP contribution in [0.2, 0.25) is 0 Å². The van der Waals surface area contributed by atoms with E-state index in [1.807, 2.05) is 0 Å². The number of alkyl halides is 1. The van der Waals surface area contributed by atoms with Crippen molar-refractivity contribution in [1.29, 1.82) is 0 Å². The van der Waals surface area contributed by atoms with Gasteiger partial charge in [0.05, 0.1) is 12.3 Å². The number of ether oxygens (including phenoxy) is 1. The highest BCUT2D eigenvalue weighted by molar-refractivity contribution is 7.66. The maximum Gasteiger partial charge on any atom is 0.490 e. The van der Waals surface area contributed by atoms with Crippen LogP contribution in [0.1, 0.15) is 13.2 Å². The molecule has 7 atom stereocenters. The Hall–Kier alpha value is -1.17. The number of hydrogen-bond donors (Lipinski definition) is 7. The predicted molar refractivity (Wildman–Crippen MR) is 96.0 cm³/mol. The molecule has 0 aromatic carbocycles. The molecule has 1 aromatic heterocycles. The number of anilines is 1. The summed E-state index contributed by atoms with van der Waals surface area (Å²) < 4.78 is 64.7. The van der Waals surface area contributed by atoms with E-state index in [0.29, 0.717) is 4.68 Å². The largest absolute Gasteiger partial charge is 0.490 e. The molecule has 8 N–H and O–H groups in total. The van der Waals surface area contributed by atoms with Crippen molar-refractivity contribution in [2.24, 2.45) is 0 Å². The molecule has 0 spiro atoms. The molecule has 32 heavy (non-hydrogen) atoms. The first-order valence-electron chi connectivity index (χ1n) is 8.06. The van der Waals surface area contributed by atoms with Gasteiger partial charge in [0.15, 0.2) is 11.8 Å². The van der Waals surface area contributed by atoms with Gasteiger partial charge in [-0.1, -0.05) is 0 Å². The van der Waals surface area contributed by atoms with Crippen LogP contribution in [0.5, 0.6) is 0 Å². The number of phosphoric ester groups is 1. The summed E-state index contributed by atoms with van der Waals surface area (Å²) in [5.41, 5.74) is 1.23. The lowest BCUT2D eigenvalue weighted by Gasteiger charge is -2.28. The number of halogens is 1. The summed E-state index contributed by atoms with van der Waals surface area (Å²) >= 11 is 0. The van der Waals surface area contributed by atoms with Gasteiger partial charge in [-0.15, -0.1) is 0 Å². The van der Waals surface area contributed by atoms with E-state index in [0.717, 1.165) is 13.1 Å². The first kappa shape index (κ1) is 27.1. The van der Waals surface area contributed by atoms with E-state index >= 15 is 0 Å². The second-order valence-electron chi connectivity index (χ2n) is 6.33. The Morgan fingerprint density at radius 1 is 1.28 bits per heavy atom. The van der Waals surface area contributed by atoms with Crippen molar-refractivity contribution in [3.8, 4) is 0 Å². The van der Waals surface area contributed by atoms with E-state index in [2.05, 4.69) is 23.2 Å². The number of phosphoric acid groups is 3. The van der Waals surface area contributed by atoms with E-state index in [1.165, 1.54) is 0 Å². The van der Waals surface area contributed by atoms with Gasteiger partial charge in [0, 0.05) is 0 Å². The normalized spacial score (nSPS) is 31.1. The molecule has 1 aliphatic rings. The standard InChI is InChI=1S/C10H18FN4O14P3/c1-4(27-31(22,23)29-32(24,25)28-30(19,20)21)6-7(16)10(18,3-11)8(26-6)15-9(17)14-5(12)2-13-15/h2,4,6-8,16,18H,3H2,1H3,(H,22,23)(H,24,25)(H2,12,14,17)(H2,19,20,21)/t4-,6-,7+,8-,10?/m1/s1. The third-order valence-electron chi connectivity index (χ3n) is 3.89. The molecule has 0 aliphatic carbocycles. The van der Waals surface area contributed by atoms with Gasteiger partial charge in [-0.25, -0.2) is 22.9 Å². The summed E-state index contributed by atoms with van der Waals surface area (Å²) in [6.07, 6.45) is -7.13. The lowest BCUT2D eigenvalue weighted by atomic mass is 9.94. The second kappa shape index (κ2) is 9.23. The zero-order chi connectivity index (χ0) is 24.7. The number of aromatic nitrogens is 3. The summed E-state index contributed by atoms with van der Waals surface area (Å²) in [4.78, 5) is 51.0. The number of nitrogens with zero attached hydrogens (tertiary/aromatic N) is 3. The fourth-order valence-electron chi connectivity index (χ4n) is 2.64. The molecule has 1 saturated heterocycles. The number of nitrogen functional groups attached to an aromatic ring is 1. The summed E-state index contributed by atoms with van der Waals surface area (Å²) in [7, 11) is -17.1. The zero-order valence-corrected chi connectivity index (χ0v) is 18.4. The molecule has 0 radical (unpaired) electrons. The van der Waals surface area contributed by atoms with Gasteiger partial charge in [-0.3, -0.25) is 4.52 Å². The molecule has 0 bridgehead atoms. The highest BCUT2D eigenvalue weighted by Crippen LogP contribution is 2.66. The average molecular weight is 530 g/mol. The SMILES string of the molecule is C[C@@H](OP(=O)(O)OP(=O)(O)OP(=O)(O)O)[C@H]1O[C@@H](n2ncc(N)nc2=O)C(O)(CF)[C@H]1O. The fourth-order valence-corrected chi connectivity index (χ4v) is 5.84. The number of hydrogen-bond acceptors (Lipinski definition) is 13. The fraction of sp³-hybridized carbons (Fsp3) is 0.700. The Labute approximate surface area is 176 Å². The maximum absolute atomic E-state index is 13.6. The quantitative estimate of drug-likeness (QED) is 0.168. The van der Waals surface area contributed by atoms with Crippen molar-refractivity contribution < 1.29 is 65.8 Å². The number of nitrogens with two attached hydrogens (primary N) is 1. The molecule has 18 nitrogen and oxygen atoms in total. The molecule has 1 aliphatic heterocycles. The zero-order valence-electron chi connectivity index (χ0n) is 15.7. The van der Waals surface area contributed by atoms with Crippen LogP contribution in [0, 0.1) is 0 Å². The van der Waals surface area contributed by atoms with Crippen LogP contribution in [-0.4, -0.2) is 75.1 Å². The van der Waals surface area contributed by atoms with Gasteiger partial charge >= 0.3 is 29.2 Å². The Morgan fingerprint density at radius 2 is 1.88 bits per heavy atom. The highest BCUT2D eigenvalue weighted by atomic mass is 31.3. The lowest BCUT2D eigenvalue weighted by Crippen LogP contribution is -2.51. The van der Waals surface area contributed by atoms with Crippen LogP contribution < -0.4 is 11.4 Å². The highest BCUT2D eigenvalue weighted by Gasteiger charge is 2.59. The molecule has 0 amide bonds. The third kappa shape index (κ3) is 6.24. The molecule has 22 heteroatoms. The molecule has 184 valence electrons. The molecule has 2 rings (SSSR count). The Kier molecular flexibility index (Phi) is 7.81. The summed E-state index contributed by atoms with van der Waals surface area (Å²) in [5.74, 6) is -0.328. The first-order valence-corrected chi connectivity index (χ1v) is 12.6. The number of rotatable bonds is 9. The molecule has 1 fully saturated rings. The molecule has 0 saturated carbocycles. The van der Waals surface area contributed by atoms with E-state index in [9.17, 15) is 38.0 Å². The van der Waals surface area contributed by atoms with Crippen LogP contribution in [-0.2, 0) is 31.6 Å². The van der Waals surface area contributed by atoms with Crippen LogP contribution in [0.25, 0.3) is 0 Å². The monoisotopic (exact) mass is 530 g/mol.